The SMILES string of the molecule is CCC1CCC(NC(=O)C2CCNC2C)CC1. The number of rotatable bonds is 3. The smallest absolute Gasteiger partial charge is 0.224 e. The second-order valence-corrected chi connectivity index (χ2v) is 5.77. The van der Waals surface area contributed by atoms with Gasteiger partial charge >= 0.3 is 0 Å². The third-order valence-electron chi connectivity index (χ3n) is 4.63. The van der Waals surface area contributed by atoms with Gasteiger partial charge in [0.05, 0.1) is 5.92 Å². The van der Waals surface area contributed by atoms with Crippen molar-refractivity contribution >= 4 is 5.91 Å². The normalized spacial score (nSPS) is 38.0. The summed E-state index contributed by atoms with van der Waals surface area (Å²) in [5.41, 5.74) is 0. The largest absolute Gasteiger partial charge is 0.353 e. The molecule has 0 aromatic rings. The van der Waals surface area contributed by atoms with Crippen molar-refractivity contribution in [1.29, 1.82) is 0 Å². The zero-order chi connectivity index (χ0) is 12.3. The standard InChI is InChI=1S/C14H26N2O/c1-3-11-4-6-12(7-5-11)16-14(17)13-8-9-15-10(13)2/h10-13,15H,3-9H2,1-2H3,(H,16,17). The summed E-state index contributed by atoms with van der Waals surface area (Å²) < 4.78 is 0. The van der Waals surface area contributed by atoms with Crippen LogP contribution in [0.5, 0.6) is 0 Å². The van der Waals surface area contributed by atoms with Gasteiger partial charge in [-0.25, -0.2) is 0 Å². The van der Waals surface area contributed by atoms with Gasteiger partial charge in [0.1, 0.15) is 0 Å². The van der Waals surface area contributed by atoms with Crippen molar-refractivity contribution in [3.63, 3.8) is 0 Å². The van der Waals surface area contributed by atoms with Gasteiger partial charge in [-0.05, 0) is 51.5 Å². The number of amides is 1. The Balaban J connectivity index is 1.76. The molecule has 3 heteroatoms. The molecule has 98 valence electrons. The van der Waals surface area contributed by atoms with E-state index in [-0.39, 0.29) is 11.8 Å². The first-order chi connectivity index (χ1) is 8.20. The van der Waals surface area contributed by atoms with E-state index in [9.17, 15) is 4.79 Å². The van der Waals surface area contributed by atoms with Crippen molar-refractivity contribution in [2.45, 2.75) is 64.5 Å². The first kappa shape index (κ1) is 12.9. The van der Waals surface area contributed by atoms with E-state index in [4.69, 9.17) is 0 Å². The number of carbonyl (C=O) groups is 1. The molecule has 2 N–H and O–H groups in total. The van der Waals surface area contributed by atoms with Crippen LogP contribution in [-0.4, -0.2) is 24.5 Å². The summed E-state index contributed by atoms with van der Waals surface area (Å²) in [6.07, 6.45) is 7.24. The molecule has 2 aliphatic rings. The Morgan fingerprint density at radius 2 is 1.94 bits per heavy atom. The molecule has 2 atom stereocenters. The molecule has 0 spiro atoms. The predicted octanol–water partition coefficient (Wildman–Crippen LogP) is 2.07. The van der Waals surface area contributed by atoms with Crippen LogP contribution >= 0.6 is 0 Å². The molecule has 2 fully saturated rings. The highest BCUT2D eigenvalue weighted by atomic mass is 16.2. The van der Waals surface area contributed by atoms with Crippen molar-refractivity contribution in [2.75, 3.05) is 6.54 Å². The molecule has 0 aromatic heterocycles. The molecule has 2 unspecified atom stereocenters. The zero-order valence-electron chi connectivity index (χ0n) is 11.2. The lowest BCUT2D eigenvalue weighted by molar-refractivity contribution is -0.126. The zero-order valence-corrected chi connectivity index (χ0v) is 11.2. The van der Waals surface area contributed by atoms with Crippen LogP contribution in [0.2, 0.25) is 0 Å². The lowest BCUT2D eigenvalue weighted by atomic mass is 9.84. The summed E-state index contributed by atoms with van der Waals surface area (Å²) in [5.74, 6) is 1.37. The van der Waals surface area contributed by atoms with E-state index in [0.717, 1.165) is 18.9 Å². The molecule has 2 rings (SSSR count). The monoisotopic (exact) mass is 238 g/mol. The third kappa shape index (κ3) is 3.21. The van der Waals surface area contributed by atoms with Gasteiger partial charge in [-0.2, -0.15) is 0 Å². The molecule has 1 aliphatic carbocycles. The fraction of sp³-hybridized carbons (Fsp3) is 0.929. The maximum absolute atomic E-state index is 12.1. The van der Waals surface area contributed by atoms with Crippen LogP contribution < -0.4 is 10.6 Å². The third-order valence-corrected chi connectivity index (χ3v) is 4.63. The molecular formula is C14H26N2O. The van der Waals surface area contributed by atoms with Gasteiger partial charge in [0.25, 0.3) is 0 Å². The molecule has 1 saturated carbocycles. The lowest BCUT2D eigenvalue weighted by Crippen LogP contribution is -2.43. The average Bonchev–Trinajstić information content (AvgIpc) is 2.76. The summed E-state index contributed by atoms with van der Waals surface area (Å²) in [6, 6.07) is 0.792. The second-order valence-electron chi connectivity index (χ2n) is 5.77. The van der Waals surface area contributed by atoms with Crippen LogP contribution in [0.4, 0.5) is 0 Å². The van der Waals surface area contributed by atoms with Crippen molar-refractivity contribution in [3.8, 4) is 0 Å². The maximum atomic E-state index is 12.1. The summed E-state index contributed by atoms with van der Waals surface area (Å²) >= 11 is 0. The van der Waals surface area contributed by atoms with Crippen LogP contribution in [0.25, 0.3) is 0 Å². The number of hydrogen-bond acceptors (Lipinski definition) is 2. The molecule has 0 aromatic carbocycles. The molecule has 0 radical (unpaired) electrons. The van der Waals surface area contributed by atoms with Crippen LogP contribution in [0.3, 0.4) is 0 Å². The molecule has 1 amide bonds. The predicted molar refractivity (Wildman–Crippen MR) is 69.8 cm³/mol. The number of carbonyl (C=O) groups excluding carboxylic acids is 1. The molecule has 3 nitrogen and oxygen atoms in total. The topological polar surface area (TPSA) is 41.1 Å². The van der Waals surface area contributed by atoms with Gasteiger partial charge in [0, 0.05) is 12.1 Å². The minimum absolute atomic E-state index is 0.193. The van der Waals surface area contributed by atoms with Crippen LogP contribution in [0.1, 0.15) is 52.4 Å². The Bertz CT molecular complexity index is 259. The minimum Gasteiger partial charge on any atom is -0.353 e. The van der Waals surface area contributed by atoms with Gasteiger partial charge in [-0.15, -0.1) is 0 Å². The molecule has 17 heavy (non-hydrogen) atoms. The lowest BCUT2D eigenvalue weighted by Gasteiger charge is -2.29. The van der Waals surface area contributed by atoms with Gasteiger partial charge < -0.3 is 10.6 Å². The van der Waals surface area contributed by atoms with E-state index in [1.54, 1.807) is 0 Å². The second kappa shape index (κ2) is 5.85. The van der Waals surface area contributed by atoms with Crippen molar-refractivity contribution in [3.05, 3.63) is 0 Å². The van der Waals surface area contributed by atoms with Gasteiger partial charge in [-0.3, -0.25) is 4.79 Å². The van der Waals surface area contributed by atoms with Crippen molar-refractivity contribution < 1.29 is 4.79 Å². The molecular weight excluding hydrogens is 212 g/mol. The van der Waals surface area contributed by atoms with Gasteiger partial charge in [-0.1, -0.05) is 13.3 Å². The fourth-order valence-electron chi connectivity index (χ4n) is 3.24. The Labute approximate surface area is 105 Å². The van der Waals surface area contributed by atoms with Crippen LogP contribution in [0.15, 0.2) is 0 Å². The summed E-state index contributed by atoms with van der Waals surface area (Å²) in [6.45, 7) is 5.38. The molecule has 1 aliphatic heterocycles. The van der Waals surface area contributed by atoms with E-state index in [2.05, 4.69) is 24.5 Å². The number of nitrogens with one attached hydrogen (secondary N) is 2. The Morgan fingerprint density at radius 3 is 2.47 bits per heavy atom. The molecule has 1 saturated heterocycles. The van der Waals surface area contributed by atoms with Gasteiger partial charge in [0.15, 0.2) is 0 Å². The average molecular weight is 238 g/mol. The van der Waals surface area contributed by atoms with E-state index in [0.29, 0.717) is 12.1 Å². The Kier molecular flexibility index (Phi) is 4.43. The van der Waals surface area contributed by atoms with Crippen LogP contribution in [-0.2, 0) is 4.79 Å². The first-order valence-corrected chi connectivity index (χ1v) is 7.24. The molecule has 0 bridgehead atoms. The quantitative estimate of drug-likeness (QED) is 0.790. The first-order valence-electron chi connectivity index (χ1n) is 7.24. The van der Waals surface area contributed by atoms with E-state index < -0.39 is 0 Å². The summed E-state index contributed by atoms with van der Waals surface area (Å²) in [5, 5.41) is 6.60. The highest BCUT2D eigenvalue weighted by Gasteiger charge is 2.31. The Morgan fingerprint density at radius 1 is 1.24 bits per heavy atom. The fourth-order valence-corrected chi connectivity index (χ4v) is 3.24. The summed E-state index contributed by atoms with van der Waals surface area (Å²) in [7, 11) is 0. The Hall–Kier alpha value is -0.570. The minimum atomic E-state index is 0.193. The van der Waals surface area contributed by atoms with E-state index in [1.165, 1.54) is 32.1 Å². The maximum Gasteiger partial charge on any atom is 0.224 e. The van der Waals surface area contributed by atoms with E-state index >= 15 is 0 Å². The van der Waals surface area contributed by atoms with Crippen molar-refractivity contribution in [2.24, 2.45) is 11.8 Å². The summed E-state index contributed by atoms with van der Waals surface area (Å²) in [4.78, 5) is 12.1. The highest BCUT2D eigenvalue weighted by molar-refractivity contribution is 5.80. The van der Waals surface area contributed by atoms with Crippen LogP contribution in [0, 0.1) is 11.8 Å². The number of hydrogen-bond donors (Lipinski definition) is 2. The molecule has 1 heterocycles. The van der Waals surface area contributed by atoms with Crippen molar-refractivity contribution in [1.82, 2.24) is 10.6 Å². The van der Waals surface area contributed by atoms with E-state index in [1.807, 2.05) is 0 Å². The highest BCUT2D eigenvalue weighted by Crippen LogP contribution is 2.27. The van der Waals surface area contributed by atoms with Gasteiger partial charge in [0.2, 0.25) is 5.91 Å².